The monoisotopic (exact) mass is 289 g/mol. The predicted molar refractivity (Wildman–Crippen MR) is 81.9 cm³/mol. The molecule has 106 valence electrons. The van der Waals surface area contributed by atoms with Crippen LogP contribution in [0.15, 0.2) is 47.9 Å². The van der Waals surface area contributed by atoms with E-state index in [9.17, 15) is 0 Å². The van der Waals surface area contributed by atoms with Crippen LogP contribution in [0, 0.1) is 0 Å². The topological polar surface area (TPSA) is 61.0 Å². The van der Waals surface area contributed by atoms with E-state index in [0.717, 1.165) is 22.2 Å². The van der Waals surface area contributed by atoms with Crippen molar-refractivity contribution < 1.29 is 4.74 Å². The highest BCUT2D eigenvalue weighted by Crippen LogP contribution is 2.22. The van der Waals surface area contributed by atoms with Gasteiger partial charge >= 0.3 is 0 Å². The normalized spacial score (nSPS) is 12.4. The molecular formula is C15H19N3OS. The van der Waals surface area contributed by atoms with Crippen molar-refractivity contribution >= 4 is 11.8 Å². The van der Waals surface area contributed by atoms with E-state index >= 15 is 0 Å². The average molecular weight is 289 g/mol. The van der Waals surface area contributed by atoms with Crippen LogP contribution in [0.3, 0.4) is 0 Å². The van der Waals surface area contributed by atoms with Crippen molar-refractivity contribution in [2.75, 3.05) is 5.75 Å². The van der Waals surface area contributed by atoms with Gasteiger partial charge in [-0.1, -0.05) is 23.9 Å². The third-order valence-electron chi connectivity index (χ3n) is 2.61. The molecule has 1 heterocycles. The molecule has 0 fully saturated rings. The Morgan fingerprint density at radius 3 is 2.40 bits per heavy atom. The van der Waals surface area contributed by atoms with Gasteiger partial charge < -0.3 is 10.5 Å². The summed E-state index contributed by atoms with van der Waals surface area (Å²) in [7, 11) is 0. The molecule has 2 rings (SSSR count). The fraction of sp³-hybridized carbons (Fsp3) is 0.333. The average Bonchev–Trinajstić information content (AvgIpc) is 2.46. The maximum atomic E-state index is 6.18. The number of ether oxygens (including phenoxy) is 1. The number of thioether (sulfide) groups is 1. The highest BCUT2D eigenvalue weighted by molar-refractivity contribution is 7.99. The Labute approximate surface area is 123 Å². The fourth-order valence-corrected chi connectivity index (χ4v) is 2.48. The molecule has 2 aromatic rings. The van der Waals surface area contributed by atoms with Crippen LogP contribution in [0.25, 0.3) is 0 Å². The minimum Gasteiger partial charge on any atom is -0.491 e. The molecule has 2 N–H and O–H groups in total. The van der Waals surface area contributed by atoms with Crippen LogP contribution in [-0.2, 0) is 0 Å². The summed E-state index contributed by atoms with van der Waals surface area (Å²) >= 11 is 1.56. The van der Waals surface area contributed by atoms with E-state index in [1.165, 1.54) is 0 Å². The van der Waals surface area contributed by atoms with Gasteiger partial charge in [0.1, 0.15) is 5.75 Å². The van der Waals surface area contributed by atoms with Gasteiger partial charge in [-0.15, -0.1) is 0 Å². The lowest BCUT2D eigenvalue weighted by Crippen LogP contribution is -2.13. The zero-order valence-corrected chi connectivity index (χ0v) is 12.5. The molecule has 1 aromatic heterocycles. The number of aromatic nitrogens is 2. The Kier molecular flexibility index (Phi) is 5.38. The van der Waals surface area contributed by atoms with Crippen LogP contribution < -0.4 is 10.5 Å². The van der Waals surface area contributed by atoms with E-state index < -0.39 is 0 Å². The van der Waals surface area contributed by atoms with Crippen molar-refractivity contribution in [2.45, 2.75) is 31.1 Å². The molecule has 0 aliphatic rings. The van der Waals surface area contributed by atoms with E-state index in [1.54, 1.807) is 30.2 Å². The first-order valence-corrected chi connectivity index (χ1v) is 7.55. The van der Waals surface area contributed by atoms with Gasteiger partial charge in [0, 0.05) is 24.2 Å². The summed E-state index contributed by atoms with van der Waals surface area (Å²) in [6, 6.07) is 9.69. The lowest BCUT2D eigenvalue weighted by molar-refractivity contribution is 0.242. The third-order valence-corrected chi connectivity index (χ3v) is 3.61. The van der Waals surface area contributed by atoms with Crippen LogP contribution in [-0.4, -0.2) is 21.8 Å². The van der Waals surface area contributed by atoms with Crippen LogP contribution in [0.2, 0.25) is 0 Å². The molecule has 5 heteroatoms. The maximum Gasteiger partial charge on any atom is 0.187 e. The van der Waals surface area contributed by atoms with Gasteiger partial charge in [0.2, 0.25) is 0 Å². The standard InChI is InChI=1S/C15H19N3OS/c1-11(2)19-13-6-4-12(5-7-13)14(16)10-20-15-17-8-3-9-18-15/h3-9,11,14H,10,16H2,1-2H3. The Morgan fingerprint density at radius 1 is 1.15 bits per heavy atom. The number of benzene rings is 1. The molecule has 1 unspecified atom stereocenters. The largest absolute Gasteiger partial charge is 0.491 e. The first-order chi connectivity index (χ1) is 9.65. The summed E-state index contributed by atoms with van der Waals surface area (Å²) < 4.78 is 5.61. The van der Waals surface area contributed by atoms with Gasteiger partial charge in [0.15, 0.2) is 5.16 Å². The molecule has 0 saturated heterocycles. The van der Waals surface area contributed by atoms with E-state index in [0.29, 0.717) is 0 Å². The number of rotatable bonds is 6. The highest BCUT2D eigenvalue weighted by Gasteiger charge is 2.08. The Morgan fingerprint density at radius 2 is 1.80 bits per heavy atom. The summed E-state index contributed by atoms with van der Waals surface area (Å²) in [5.41, 5.74) is 7.26. The van der Waals surface area contributed by atoms with Crippen LogP contribution >= 0.6 is 11.8 Å². The van der Waals surface area contributed by atoms with Crippen molar-refractivity contribution in [2.24, 2.45) is 5.73 Å². The van der Waals surface area contributed by atoms with Crippen LogP contribution in [0.4, 0.5) is 0 Å². The summed E-state index contributed by atoms with van der Waals surface area (Å²) in [6.07, 6.45) is 3.65. The predicted octanol–water partition coefficient (Wildman–Crippen LogP) is 3.06. The van der Waals surface area contributed by atoms with Crippen molar-refractivity contribution in [3.05, 3.63) is 48.3 Å². The molecule has 0 bridgehead atoms. The smallest absolute Gasteiger partial charge is 0.187 e. The van der Waals surface area contributed by atoms with Gasteiger partial charge in [-0.05, 0) is 37.6 Å². The molecule has 4 nitrogen and oxygen atoms in total. The summed E-state index contributed by atoms with van der Waals surface area (Å²) in [6.45, 7) is 4.02. The van der Waals surface area contributed by atoms with Gasteiger partial charge in [0.25, 0.3) is 0 Å². The van der Waals surface area contributed by atoms with Gasteiger partial charge in [-0.25, -0.2) is 9.97 Å². The van der Waals surface area contributed by atoms with Crippen LogP contribution in [0.5, 0.6) is 5.75 Å². The Balaban J connectivity index is 1.90. The quantitative estimate of drug-likeness (QED) is 0.654. The summed E-state index contributed by atoms with van der Waals surface area (Å²) in [5, 5.41) is 0.753. The lowest BCUT2D eigenvalue weighted by Gasteiger charge is -2.13. The van der Waals surface area contributed by atoms with E-state index in [4.69, 9.17) is 10.5 Å². The second-order valence-electron chi connectivity index (χ2n) is 4.68. The molecule has 0 saturated carbocycles. The number of hydrogen-bond acceptors (Lipinski definition) is 5. The zero-order valence-electron chi connectivity index (χ0n) is 11.7. The third kappa shape index (κ3) is 4.51. The Bertz CT molecular complexity index is 516. The zero-order chi connectivity index (χ0) is 14.4. The Hall–Kier alpha value is -1.59. The van der Waals surface area contributed by atoms with Crippen LogP contribution in [0.1, 0.15) is 25.5 Å². The van der Waals surface area contributed by atoms with Gasteiger partial charge in [0.05, 0.1) is 6.10 Å². The van der Waals surface area contributed by atoms with Crippen molar-refractivity contribution in [3.63, 3.8) is 0 Å². The highest BCUT2D eigenvalue weighted by atomic mass is 32.2. The molecule has 1 aromatic carbocycles. The molecule has 0 radical (unpaired) electrons. The molecule has 0 amide bonds. The van der Waals surface area contributed by atoms with E-state index in [-0.39, 0.29) is 12.1 Å². The number of nitrogens with two attached hydrogens (primary N) is 1. The minimum atomic E-state index is -0.0445. The fourth-order valence-electron chi connectivity index (χ4n) is 1.69. The van der Waals surface area contributed by atoms with Crippen molar-refractivity contribution in [1.29, 1.82) is 0 Å². The summed E-state index contributed by atoms with van der Waals surface area (Å²) in [5.74, 6) is 1.61. The molecule has 1 atom stereocenters. The second-order valence-corrected chi connectivity index (χ2v) is 5.67. The SMILES string of the molecule is CC(C)Oc1ccc(C(N)CSc2ncccn2)cc1. The number of nitrogens with zero attached hydrogens (tertiary/aromatic N) is 2. The molecular weight excluding hydrogens is 270 g/mol. The van der Waals surface area contributed by atoms with E-state index in [2.05, 4.69) is 9.97 Å². The van der Waals surface area contributed by atoms with Gasteiger partial charge in [-0.2, -0.15) is 0 Å². The summed E-state index contributed by atoms with van der Waals surface area (Å²) in [4.78, 5) is 8.33. The number of hydrogen-bond donors (Lipinski definition) is 1. The second kappa shape index (κ2) is 7.26. The first-order valence-electron chi connectivity index (χ1n) is 6.57. The van der Waals surface area contributed by atoms with Crippen molar-refractivity contribution in [3.8, 4) is 5.75 Å². The first kappa shape index (κ1) is 14.8. The van der Waals surface area contributed by atoms with Crippen molar-refractivity contribution in [1.82, 2.24) is 9.97 Å². The lowest BCUT2D eigenvalue weighted by atomic mass is 10.1. The maximum absolute atomic E-state index is 6.18. The molecule has 0 spiro atoms. The molecule has 0 aliphatic heterocycles. The minimum absolute atomic E-state index is 0.0445. The molecule has 20 heavy (non-hydrogen) atoms. The van der Waals surface area contributed by atoms with Gasteiger partial charge in [-0.3, -0.25) is 0 Å². The van der Waals surface area contributed by atoms with E-state index in [1.807, 2.05) is 38.1 Å². The molecule has 0 aliphatic carbocycles.